The molecule has 1 aliphatic rings. The highest BCUT2D eigenvalue weighted by atomic mass is 32.1. The Kier molecular flexibility index (Phi) is 2.61. The lowest BCUT2D eigenvalue weighted by Crippen LogP contribution is -2.14. The summed E-state index contributed by atoms with van der Waals surface area (Å²) in [6.07, 6.45) is 8.96. The number of nitrogens with zero attached hydrogens (tertiary/aromatic N) is 3. The number of aromatic nitrogens is 3. The lowest BCUT2D eigenvalue weighted by Gasteiger charge is -2.09. The number of rotatable bonds is 3. The Morgan fingerprint density at radius 3 is 3.00 bits per heavy atom. The van der Waals surface area contributed by atoms with E-state index in [1.165, 1.54) is 25.7 Å². The van der Waals surface area contributed by atoms with E-state index in [9.17, 15) is 0 Å². The minimum Gasteiger partial charge on any atom is -0.366 e. The van der Waals surface area contributed by atoms with Crippen molar-refractivity contribution in [3.63, 3.8) is 0 Å². The van der Waals surface area contributed by atoms with E-state index in [1.54, 1.807) is 17.5 Å². The fraction of sp³-hybridized carbons (Fsp3) is 0.455. The third-order valence-electron chi connectivity index (χ3n) is 2.91. The van der Waals surface area contributed by atoms with Crippen LogP contribution in [0.3, 0.4) is 0 Å². The minimum atomic E-state index is 0.611. The first kappa shape index (κ1) is 9.84. The third-order valence-corrected chi connectivity index (χ3v) is 3.67. The van der Waals surface area contributed by atoms with Gasteiger partial charge in [0, 0.05) is 29.9 Å². The number of hydrogen-bond acceptors (Lipinski definition) is 4. The molecule has 5 heteroatoms. The van der Waals surface area contributed by atoms with Crippen molar-refractivity contribution >= 4 is 17.2 Å². The topological polar surface area (TPSA) is 42.7 Å². The van der Waals surface area contributed by atoms with E-state index in [4.69, 9.17) is 0 Å². The van der Waals surface area contributed by atoms with Gasteiger partial charge in [0.05, 0.1) is 0 Å². The second-order valence-corrected chi connectivity index (χ2v) is 4.96. The van der Waals surface area contributed by atoms with E-state index in [0.717, 1.165) is 10.9 Å². The summed E-state index contributed by atoms with van der Waals surface area (Å²) in [5.41, 5.74) is 0. The molecule has 0 saturated heterocycles. The summed E-state index contributed by atoms with van der Waals surface area (Å²) in [6.45, 7) is 0. The van der Waals surface area contributed by atoms with Gasteiger partial charge < -0.3 is 5.32 Å². The van der Waals surface area contributed by atoms with E-state index >= 15 is 0 Å². The molecule has 3 rings (SSSR count). The molecule has 0 aliphatic heterocycles. The monoisotopic (exact) mass is 234 g/mol. The minimum absolute atomic E-state index is 0.611. The molecule has 84 valence electrons. The lowest BCUT2D eigenvalue weighted by atomic mass is 10.2. The molecule has 16 heavy (non-hydrogen) atoms. The van der Waals surface area contributed by atoms with Crippen LogP contribution >= 0.6 is 11.3 Å². The summed E-state index contributed by atoms with van der Waals surface area (Å²) < 4.78 is 1.82. The van der Waals surface area contributed by atoms with Crippen molar-refractivity contribution in [1.29, 1.82) is 0 Å². The molecule has 1 saturated carbocycles. The molecule has 0 radical (unpaired) electrons. The van der Waals surface area contributed by atoms with Gasteiger partial charge in [0.25, 0.3) is 0 Å². The van der Waals surface area contributed by atoms with Gasteiger partial charge in [-0.25, -0.2) is 9.67 Å². The third kappa shape index (κ3) is 1.95. The van der Waals surface area contributed by atoms with E-state index in [1.807, 2.05) is 22.3 Å². The van der Waals surface area contributed by atoms with Gasteiger partial charge in [-0.1, -0.05) is 12.8 Å². The zero-order valence-electron chi connectivity index (χ0n) is 8.97. The molecule has 0 amide bonds. The normalized spacial score (nSPS) is 16.8. The van der Waals surface area contributed by atoms with Crippen LogP contribution in [0.25, 0.3) is 5.13 Å². The average Bonchev–Trinajstić information content (AvgIpc) is 2.99. The van der Waals surface area contributed by atoms with Gasteiger partial charge in [-0.05, 0) is 12.8 Å². The number of thiazole rings is 1. The Morgan fingerprint density at radius 1 is 1.38 bits per heavy atom. The van der Waals surface area contributed by atoms with Gasteiger partial charge in [0.2, 0.25) is 5.13 Å². The molecular formula is C11H14N4S. The number of hydrogen-bond donors (Lipinski definition) is 1. The smallest absolute Gasteiger partial charge is 0.210 e. The van der Waals surface area contributed by atoms with Crippen LogP contribution in [0.4, 0.5) is 5.82 Å². The van der Waals surface area contributed by atoms with E-state index < -0.39 is 0 Å². The molecule has 0 atom stereocenters. The van der Waals surface area contributed by atoms with Crippen LogP contribution in [0.15, 0.2) is 23.8 Å². The summed E-state index contributed by atoms with van der Waals surface area (Å²) in [5, 5.41) is 10.8. The second kappa shape index (κ2) is 4.25. The maximum atomic E-state index is 4.47. The fourth-order valence-electron chi connectivity index (χ4n) is 2.12. The Morgan fingerprint density at radius 2 is 2.25 bits per heavy atom. The largest absolute Gasteiger partial charge is 0.366 e. The fourth-order valence-corrected chi connectivity index (χ4v) is 2.69. The van der Waals surface area contributed by atoms with E-state index in [0.29, 0.717) is 6.04 Å². The van der Waals surface area contributed by atoms with Crippen molar-refractivity contribution in [2.24, 2.45) is 0 Å². The SMILES string of the molecule is c1csc(-n2ccc(NC3CCCC3)n2)n1. The van der Waals surface area contributed by atoms with Crippen molar-refractivity contribution in [2.75, 3.05) is 5.32 Å². The molecule has 2 aromatic heterocycles. The van der Waals surface area contributed by atoms with Crippen molar-refractivity contribution in [1.82, 2.24) is 14.8 Å². The Labute approximate surface area is 98.3 Å². The number of nitrogens with one attached hydrogen (secondary N) is 1. The highest BCUT2D eigenvalue weighted by Gasteiger charge is 2.15. The van der Waals surface area contributed by atoms with E-state index in [-0.39, 0.29) is 0 Å². The van der Waals surface area contributed by atoms with Crippen LogP contribution in [0.2, 0.25) is 0 Å². The van der Waals surface area contributed by atoms with Crippen LogP contribution < -0.4 is 5.32 Å². The van der Waals surface area contributed by atoms with Crippen LogP contribution in [0.1, 0.15) is 25.7 Å². The number of anilines is 1. The summed E-state index contributed by atoms with van der Waals surface area (Å²) in [5.74, 6) is 0.960. The summed E-state index contributed by atoms with van der Waals surface area (Å²) in [6, 6.07) is 2.62. The Bertz CT molecular complexity index is 442. The Hall–Kier alpha value is -1.36. The molecule has 0 spiro atoms. The highest BCUT2D eigenvalue weighted by molar-refractivity contribution is 7.12. The average molecular weight is 234 g/mol. The molecule has 2 aromatic rings. The maximum absolute atomic E-state index is 4.47. The molecule has 1 N–H and O–H groups in total. The quantitative estimate of drug-likeness (QED) is 0.888. The molecule has 0 bridgehead atoms. The van der Waals surface area contributed by atoms with Gasteiger partial charge in [0.1, 0.15) is 5.82 Å². The summed E-state index contributed by atoms with van der Waals surface area (Å²) in [7, 11) is 0. The van der Waals surface area contributed by atoms with Gasteiger partial charge in [-0.3, -0.25) is 0 Å². The van der Waals surface area contributed by atoms with Crippen LogP contribution in [-0.4, -0.2) is 20.8 Å². The van der Waals surface area contributed by atoms with E-state index in [2.05, 4.69) is 15.4 Å². The zero-order chi connectivity index (χ0) is 10.8. The standard InChI is InChI=1S/C11H14N4S/c1-2-4-9(3-1)13-10-5-7-15(14-10)11-12-6-8-16-11/h5-9H,1-4H2,(H,13,14). The Balaban J connectivity index is 1.72. The summed E-state index contributed by atoms with van der Waals surface area (Å²) >= 11 is 1.59. The molecule has 1 aliphatic carbocycles. The lowest BCUT2D eigenvalue weighted by molar-refractivity contribution is 0.744. The molecule has 0 unspecified atom stereocenters. The van der Waals surface area contributed by atoms with Gasteiger partial charge in [0.15, 0.2) is 0 Å². The van der Waals surface area contributed by atoms with Crippen LogP contribution in [0, 0.1) is 0 Å². The zero-order valence-corrected chi connectivity index (χ0v) is 9.78. The molecular weight excluding hydrogens is 220 g/mol. The first-order valence-corrected chi connectivity index (χ1v) is 6.52. The maximum Gasteiger partial charge on any atom is 0.210 e. The van der Waals surface area contributed by atoms with Crippen LogP contribution in [0.5, 0.6) is 0 Å². The van der Waals surface area contributed by atoms with Gasteiger partial charge >= 0.3 is 0 Å². The van der Waals surface area contributed by atoms with Crippen LogP contribution in [-0.2, 0) is 0 Å². The highest BCUT2D eigenvalue weighted by Crippen LogP contribution is 2.21. The molecule has 1 fully saturated rings. The molecule has 0 aromatic carbocycles. The second-order valence-electron chi connectivity index (χ2n) is 4.09. The predicted octanol–water partition coefficient (Wildman–Crippen LogP) is 2.68. The van der Waals surface area contributed by atoms with Crippen molar-refractivity contribution in [2.45, 2.75) is 31.7 Å². The summed E-state index contributed by atoms with van der Waals surface area (Å²) in [4.78, 5) is 4.22. The van der Waals surface area contributed by atoms with Crippen molar-refractivity contribution in [3.8, 4) is 5.13 Å². The molecule has 4 nitrogen and oxygen atoms in total. The molecule has 2 heterocycles. The van der Waals surface area contributed by atoms with Crippen molar-refractivity contribution < 1.29 is 0 Å². The first-order valence-electron chi connectivity index (χ1n) is 5.64. The first-order chi connectivity index (χ1) is 7.92. The van der Waals surface area contributed by atoms with Gasteiger partial charge in [-0.2, -0.15) is 0 Å². The van der Waals surface area contributed by atoms with Gasteiger partial charge in [-0.15, -0.1) is 16.4 Å². The predicted molar refractivity (Wildman–Crippen MR) is 65.1 cm³/mol. The van der Waals surface area contributed by atoms with Crippen molar-refractivity contribution in [3.05, 3.63) is 23.8 Å².